The Morgan fingerprint density at radius 1 is 1.31 bits per heavy atom. The van der Waals surface area contributed by atoms with Gasteiger partial charge in [0.2, 0.25) is 11.8 Å². The maximum atomic E-state index is 13.0. The van der Waals surface area contributed by atoms with E-state index in [0.717, 1.165) is 24.1 Å². The zero-order valence-electron chi connectivity index (χ0n) is 17.6. The van der Waals surface area contributed by atoms with E-state index in [0.29, 0.717) is 4.32 Å². The zero-order chi connectivity index (χ0) is 21.4. The van der Waals surface area contributed by atoms with Crippen LogP contribution in [0.5, 0.6) is 0 Å². The third-order valence-corrected chi connectivity index (χ3v) is 7.80. The molecule has 2 aliphatic rings. The van der Waals surface area contributed by atoms with Gasteiger partial charge in [-0.05, 0) is 36.0 Å². The van der Waals surface area contributed by atoms with Crippen molar-refractivity contribution in [3.63, 3.8) is 0 Å². The highest BCUT2D eigenvalue weighted by molar-refractivity contribution is 8.22. The van der Waals surface area contributed by atoms with Gasteiger partial charge in [0.1, 0.15) is 0 Å². The molecule has 1 aliphatic heterocycles. The molecule has 0 aromatic heterocycles. The number of nitrogens with one attached hydrogen (secondary N) is 1. The number of piperidine rings is 1. The summed E-state index contributed by atoms with van der Waals surface area (Å²) < 4.78 is 0.425. The number of thioether (sulfide) groups is 1. The number of hydrogen-bond donors (Lipinski definition) is 1. The summed E-state index contributed by atoms with van der Waals surface area (Å²) in [6.45, 7) is 6.07. The number of likely N-dealkylation sites (tertiary alicyclic amines) is 1. The first-order valence-corrected chi connectivity index (χ1v) is 11.1. The average Bonchev–Trinajstić information content (AvgIpc) is 2.85. The van der Waals surface area contributed by atoms with E-state index >= 15 is 0 Å². The minimum atomic E-state index is -0.488. The summed E-state index contributed by atoms with van der Waals surface area (Å²) in [6, 6.07) is 7.97. The van der Waals surface area contributed by atoms with Crippen LogP contribution in [0.25, 0.3) is 0 Å². The lowest BCUT2D eigenvalue weighted by atomic mass is 9.62. The molecule has 0 unspecified atom stereocenters. The fraction of sp³-hybridized carbons (Fsp3) is 0.524. The second-order valence-electron chi connectivity index (χ2n) is 8.63. The van der Waals surface area contributed by atoms with E-state index < -0.39 is 5.41 Å². The number of hydrogen-bond acceptors (Lipinski definition) is 6. The second kappa shape index (κ2) is 8.07. The van der Waals surface area contributed by atoms with Crippen LogP contribution < -0.4 is 10.3 Å². The Morgan fingerprint density at radius 2 is 1.97 bits per heavy atom. The number of nitrogens with zero attached hydrogens (tertiary/aromatic N) is 3. The van der Waals surface area contributed by atoms with Gasteiger partial charge in [0, 0.05) is 25.7 Å². The highest BCUT2D eigenvalue weighted by Crippen LogP contribution is 2.60. The SMILES string of the molecule is CN(C)c1ccc(C=NNC(=S)SCN2C(=O)[C@H]3CC[C@](C)(C2=O)C3(C)C)cc1. The quantitative estimate of drug-likeness (QED) is 0.333. The Hall–Kier alpha value is -1.93. The molecule has 29 heavy (non-hydrogen) atoms. The molecule has 1 heterocycles. The molecule has 3 rings (SSSR count). The van der Waals surface area contributed by atoms with Gasteiger partial charge < -0.3 is 4.90 Å². The fourth-order valence-electron chi connectivity index (χ4n) is 4.20. The Labute approximate surface area is 182 Å². The molecule has 6 nitrogen and oxygen atoms in total. The van der Waals surface area contributed by atoms with Crippen molar-refractivity contribution in [1.29, 1.82) is 0 Å². The summed E-state index contributed by atoms with van der Waals surface area (Å²) in [5.41, 5.74) is 4.08. The Kier molecular flexibility index (Phi) is 6.06. The molecular formula is C21H28N4O2S2. The van der Waals surface area contributed by atoms with Crippen LogP contribution in [0.3, 0.4) is 0 Å². The molecule has 1 saturated heterocycles. The van der Waals surface area contributed by atoms with Crippen LogP contribution in [0, 0.1) is 16.7 Å². The molecular weight excluding hydrogens is 404 g/mol. The van der Waals surface area contributed by atoms with Crippen LogP contribution in [0.1, 0.15) is 39.2 Å². The van der Waals surface area contributed by atoms with Gasteiger partial charge >= 0.3 is 0 Å². The summed E-state index contributed by atoms with van der Waals surface area (Å²) in [7, 11) is 3.98. The lowest BCUT2D eigenvalue weighted by molar-refractivity contribution is -0.166. The molecule has 2 bridgehead atoms. The van der Waals surface area contributed by atoms with E-state index in [2.05, 4.69) is 10.5 Å². The highest BCUT2D eigenvalue weighted by Gasteiger charge is 2.64. The molecule has 2 amide bonds. The molecule has 1 N–H and O–H groups in total. The molecule has 2 fully saturated rings. The van der Waals surface area contributed by atoms with Crippen molar-refractivity contribution in [3.8, 4) is 0 Å². The van der Waals surface area contributed by atoms with Gasteiger partial charge in [-0.3, -0.25) is 19.9 Å². The average molecular weight is 433 g/mol. The molecule has 1 aliphatic carbocycles. The smallest absolute Gasteiger partial charge is 0.236 e. The van der Waals surface area contributed by atoms with Crippen molar-refractivity contribution in [1.82, 2.24) is 10.3 Å². The van der Waals surface area contributed by atoms with E-state index in [4.69, 9.17) is 12.2 Å². The van der Waals surface area contributed by atoms with Crippen molar-refractivity contribution in [2.75, 3.05) is 24.9 Å². The van der Waals surface area contributed by atoms with E-state index in [1.165, 1.54) is 16.7 Å². The van der Waals surface area contributed by atoms with Crippen LogP contribution in [0.4, 0.5) is 5.69 Å². The highest BCUT2D eigenvalue weighted by atomic mass is 32.2. The summed E-state index contributed by atoms with van der Waals surface area (Å²) >= 11 is 6.55. The zero-order valence-corrected chi connectivity index (χ0v) is 19.2. The Bertz CT molecular complexity index is 851. The van der Waals surface area contributed by atoms with Gasteiger partial charge in [0.25, 0.3) is 0 Å². The minimum absolute atomic E-state index is 0.0743. The number of carbonyl (C=O) groups is 2. The third kappa shape index (κ3) is 3.92. The van der Waals surface area contributed by atoms with E-state index in [9.17, 15) is 9.59 Å². The predicted octanol–water partition coefficient (Wildman–Crippen LogP) is 3.46. The number of fused-ring (bicyclic) bond motifs is 2. The van der Waals surface area contributed by atoms with Crippen LogP contribution in [-0.4, -0.2) is 47.2 Å². The summed E-state index contributed by atoms with van der Waals surface area (Å²) in [4.78, 5) is 29.3. The predicted molar refractivity (Wildman–Crippen MR) is 123 cm³/mol. The van der Waals surface area contributed by atoms with Crippen molar-refractivity contribution >= 4 is 52.0 Å². The van der Waals surface area contributed by atoms with Gasteiger partial charge in [0.05, 0.1) is 17.5 Å². The topological polar surface area (TPSA) is 65.0 Å². The lowest BCUT2D eigenvalue weighted by Gasteiger charge is -2.47. The molecule has 1 aromatic carbocycles. The van der Waals surface area contributed by atoms with Crippen LogP contribution in [-0.2, 0) is 9.59 Å². The number of amides is 2. The maximum absolute atomic E-state index is 13.0. The summed E-state index contributed by atoms with van der Waals surface area (Å²) in [6.07, 6.45) is 3.22. The summed E-state index contributed by atoms with van der Waals surface area (Å²) in [5.74, 6) is -0.0371. The van der Waals surface area contributed by atoms with E-state index in [1.54, 1.807) is 6.21 Å². The number of anilines is 1. The monoisotopic (exact) mass is 432 g/mol. The summed E-state index contributed by atoms with van der Waals surface area (Å²) in [5, 5.41) is 4.16. The van der Waals surface area contributed by atoms with Crippen molar-refractivity contribution in [2.45, 2.75) is 33.6 Å². The molecule has 2 atom stereocenters. The van der Waals surface area contributed by atoms with Crippen LogP contribution in [0.15, 0.2) is 29.4 Å². The number of benzene rings is 1. The fourth-order valence-corrected chi connectivity index (χ4v) is 5.02. The minimum Gasteiger partial charge on any atom is -0.378 e. The van der Waals surface area contributed by atoms with Gasteiger partial charge in [-0.25, -0.2) is 0 Å². The van der Waals surface area contributed by atoms with Crippen molar-refractivity contribution in [2.24, 2.45) is 21.8 Å². The van der Waals surface area contributed by atoms with Gasteiger partial charge in [-0.15, -0.1) is 0 Å². The largest absolute Gasteiger partial charge is 0.378 e. The third-order valence-electron chi connectivity index (χ3n) is 6.61. The number of hydrazone groups is 1. The first-order chi connectivity index (χ1) is 13.6. The van der Waals surface area contributed by atoms with Crippen LogP contribution in [0.2, 0.25) is 0 Å². The normalized spacial score (nSPS) is 25.6. The van der Waals surface area contributed by atoms with E-state index in [-0.39, 0.29) is 29.0 Å². The van der Waals surface area contributed by atoms with Crippen molar-refractivity contribution in [3.05, 3.63) is 29.8 Å². The second-order valence-corrected chi connectivity index (χ2v) is 10.3. The lowest BCUT2D eigenvalue weighted by Crippen LogP contribution is -2.58. The standard InChI is InChI=1S/C21H28N4O2S2/c1-20(2)16-10-11-21(20,3)18(27)25(17(16)26)13-29-19(28)23-22-12-14-6-8-15(9-7-14)24(4)5/h6-9,12,16H,10-11,13H2,1-5H3,(H,23,28)/t16-,21-/m1/s1. The first kappa shape index (κ1) is 21.8. The molecule has 1 saturated carbocycles. The molecule has 8 heteroatoms. The Morgan fingerprint density at radius 3 is 2.59 bits per heavy atom. The molecule has 1 aromatic rings. The molecule has 0 radical (unpaired) electrons. The first-order valence-electron chi connectivity index (χ1n) is 9.67. The molecule has 0 spiro atoms. The number of carbonyl (C=O) groups excluding carboxylic acids is 2. The van der Waals surface area contributed by atoms with E-state index in [1.807, 2.05) is 64.0 Å². The Balaban J connectivity index is 1.54. The van der Waals surface area contributed by atoms with Gasteiger partial charge in [-0.2, -0.15) is 5.10 Å². The van der Waals surface area contributed by atoms with Gasteiger partial charge in [0.15, 0.2) is 4.32 Å². The number of imide groups is 1. The molecule has 156 valence electrons. The number of thiocarbonyl (C=S) groups is 1. The van der Waals surface area contributed by atoms with Gasteiger partial charge in [-0.1, -0.05) is 56.9 Å². The maximum Gasteiger partial charge on any atom is 0.236 e. The van der Waals surface area contributed by atoms with Crippen LogP contribution >= 0.6 is 24.0 Å². The number of rotatable bonds is 5. The van der Waals surface area contributed by atoms with Crippen molar-refractivity contribution < 1.29 is 9.59 Å².